The molecule has 12 nitrogen and oxygen atoms in total. The fraction of sp³-hybridized carbons (Fsp3) is 0.538. The first-order valence-electron chi connectivity index (χ1n) is 12.1. The molecule has 38 heavy (non-hydrogen) atoms. The van der Waals surface area contributed by atoms with Crippen LogP contribution in [0.25, 0.3) is 0 Å². The van der Waals surface area contributed by atoms with Crippen molar-refractivity contribution in [1.82, 2.24) is 0 Å². The summed E-state index contributed by atoms with van der Waals surface area (Å²) in [6.45, 7) is -0.936. The van der Waals surface area contributed by atoms with Crippen LogP contribution in [0, 0.1) is 5.92 Å². The Morgan fingerprint density at radius 2 is 1.58 bits per heavy atom. The van der Waals surface area contributed by atoms with Crippen LogP contribution in [0.1, 0.15) is 17.2 Å². The van der Waals surface area contributed by atoms with Gasteiger partial charge in [-0.3, -0.25) is 0 Å². The molecule has 0 bridgehead atoms. The molecule has 2 aromatic rings. The van der Waals surface area contributed by atoms with E-state index in [0.717, 1.165) is 0 Å². The Bertz CT molecular complexity index is 1090. The lowest BCUT2D eigenvalue weighted by Crippen LogP contribution is -2.59. The van der Waals surface area contributed by atoms with Crippen LogP contribution in [0.3, 0.4) is 0 Å². The molecule has 2 fully saturated rings. The normalized spacial score (nSPS) is 33.3. The summed E-state index contributed by atoms with van der Waals surface area (Å²) in [6, 6.07) is 9.33. The van der Waals surface area contributed by atoms with Crippen molar-refractivity contribution in [3.63, 3.8) is 0 Å². The van der Waals surface area contributed by atoms with E-state index in [2.05, 4.69) is 0 Å². The highest BCUT2D eigenvalue weighted by molar-refractivity contribution is 5.44. The molecule has 0 saturated carbocycles. The van der Waals surface area contributed by atoms with E-state index in [0.29, 0.717) is 11.1 Å². The lowest BCUT2D eigenvalue weighted by molar-refractivity contribution is -0.305. The number of aromatic hydroxyl groups is 2. The summed E-state index contributed by atoms with van der Waals surface area (Å²) in [6.07, 6.45) is -7.99. The molecule has 12 heteroatoms. The van der Waals surface area contributed by atoms with E-state index in [1.165, 1.54) is 26.4 Å². The Hall–Kier alpha value is -2.68. The van der Waals surface area contributed by atoms with Gasteiger partial charge < -0.3 is 59.4 Å². The number of rotatable bonds is 9. The zero-order chi connectivity index (χ0) is 27.6. The third-order valence-electron chi connectivity index (χ3n) is 7.14. The number of hydrogen-bond acceptors (Lipinski definition) is 12. The molecule has 2 aromatic carbocycles. The van der Waals surface area contributed by atoms with Gasteiger partial charge in [0.2, 0.25) is 0 Å². The highest BCUT2D eigenvalue weighted by Crippen LogP contribution is 2.45. The second-order valence-electron chi connectivity index (χ2n) is 9.59. The molecule has 210 valence electrons. The second kappa shape index (κ2) is 11.6. The van der Waals surface area contributed by atoms with Crippen LogP contribution in [0.5, 0.6) is 23.0 Å². The number of ether oxygens (including phenoxy) is 5. The van der Waals surface area contributed by atoms with Gasteiger partial charge in [0.25, 0.3) is 0 Å². The number of phenolic OH excluding ortho intramolecular Hbond substituents is 2. The molecule has 8 atom stereocenters. The van der Waals surface area contributed by atoms with E-state index in [9.17, 15) is 35.7 Å². The first-order valence-corrected chi connectivity index (χ1v) is 12.1. The van der Waals surface area contributed by atoms with Gasteiger partial charge in [0, 0.05) is 12.3 Å². The molecule has 2 saturated heterocycles. The summed E-state index contributed by atoms with van der Waals surface area (Å²) in [5.74, 6) is -0.446. The molecular formula is C26H34O12. The summed E-state index contributed by atoms with van der Waals surface area (Å²) in [7, 11) is 2.82. The third-order valence-corrected chi connectivity index (χ3v) is 7.14. The van der Waals surface area contributed by atoms with Crippen LogP contribution in [0.2, 0.25) is 0 Å². The lowest BCUT2D eigenvalue weighted by Gasteiger charge is -2.40. The van der Waals surface area contributed by atoms with Gasteiger partial charge in [0.1, 0.15) is 24.4 Å². The Labute approximate surface area is 219 Å². The molecule has 0 spiro atoms. The quantitative estimate of drug-likeness (QED) is 0.219. The number of hydrogen-bond donors (Lipinski definition) is 7. The minimum absolute atomic E-state index is 0.0533. The standard InChI is InChI=1S/C26H34O12/c1-34-18-7-13(3-5-16(18)28)9-26(33)12-37-24(14-4-6-17(29)19(8-14)35-2)15(26)11-36-25-23(32)22(31)21(30)20(10-27)38-25/h3-8,15,20-25,27-33H,9-12H2,1-2H3. The SMILES string of the molecule is COc1cc(CC2(O)COC(c3ccc(O)c(OC)c3)C2COC2OC(CO)C(O)C(O)C2O)ccc1O. The maximum atomic E-state index is 11.8. The Kier molecular flexibility index (Phi) is 8.65. The third kappa shape index (κ3) is 5.53. The first kappa shape index (κ1) is 28.3. The van der Waals surface area contributed by atoms with Gasteiger partial charge in [-0.15, -0.1) is 0 Å². The van der Waals surface area contributed by atoms with Crippen molar-refractivity contribution in [3.05, 3.63) is 47.5 Å². The zero-order valence-electron chi connectivity index (χ0n) is 21.0. The Morgan fingerprint density at radius 3 is 2.24 bits per heavy atom. The largest absolute Gasteiger partial charge is 0.504 e. The van der Waals surface area contributed by atoms with E-state index in [-0.39, 0.29) is 42.6 Å². The molecule has 2 aliphatic heterocycles. The van der Waals surface area contributed by atoms with Crippen molar-refractivity contribution in [3.8, 4) is 23.0 Å². The molecule has 0 radical (unpaired) electrons. The number of aliphatic hydroxyl groups is 5. The molecule has 4 rings (SSSR count). The molecule has 0 aliphatic carbocycles. The molecule has 2 aliphatic rings. The van der Waals surface area contributed by atoms with Crippen molar-refractivity contribution >= 4 is 0 Å². The van der Waals surface area contributed by atoms with Gasteiger partial charge in [-0.1, -0.05) is 12.1 Å². The van der Waals surface area contributed by atoms with E-state index in [1.807, 2.05) is 0 Å². The van der Waals surface area contributed by atoms with Gasteiger partial charge in [-0.25, -0.2) is 0 Å². The van der Waals surface area contributed by atoms with Crippen LogP contribution in [0.15, 0.2) is 36.4 Å². The van der Waals surface area contributed by atoms with Crippen molar-refractivity contribution in [2.45, 2.75) is 48.8 Å². The van der Waals surface area contributed by atoms with Gasteiger partial charge in [-0.2, -0.15) is 0 Å². The van der Waals surface area contributed by atoms with Crippen molar-refractivity contribution in [2.24, 2.45) is 5.92 Å². The second-order valence-corrected chi connectivity index (χ2v) is 9.59. The van der Waals surface area contributed by atoms with Crippen molar-refractivity contribution in [2.75, 3.05) is 34.0 Å². The van der Waals surface area contributed by atoms with Crippen LogP contribution >= 0.6 is 0 Å². The highest BCUT2D eigenvalue weighted by atomic mass is 16.7. The van der Waals surface area contributed by atoms with E-state index in [1.54, 1.807) is 24.3 Å². The smallest absolute Gasteiger partial charge is 0.186 e. The zero-order valence-corrected chi connectivity index (χ0v) is 21.0. The molecule has 0 amide bonds. The summed E-state index contributed by atoms with van der Waals surface area (Å²) < 4.78 is 27.7. The monoisotopic (exact) mass is 538 g/mol. The Balaban J connectivity index is 1.62. The highest BCUT2D eigenvalue weighted by Gasteiger charge is 2.51. The average molecular weight is 539 g/mol. The van der Waals surface area contributed by atoms with E-state index >= 15 is 0 Å². The first-order chi connectivity index (χ1) is 18.1. The predicted octanol–water partition coefficient (Wildman–Crippen LogP) is -0.407. The summed E-state index contributed by atoms with van der Waals surface area (Å²) in [5.41, 5.74) is -0.278. The maximum absolute atomic E-state index is 11.8. The molecule has 2 heterocycles. The fourth-order valence-electron chi connectivity index (χ4n) is 4.95. The molecule has 7 N–H and O–H groups in total. The number of phenols is 2. The predicted molar refractivity (Wildman–Crippen MR) is 130 cm³/mol. The summed E-state index contributed by atoms with van der Waals surface area (Å²) in [5, 5.41) is 71.9. The van der Waals surface area contributed by atoms with Crippen LogP contribution < -0.4 is 9.47 Å². The van der Waals surface area contributed by atoms with Gasteiger partial charge in [0.05, 0.1) is 45.7 Å². The number of aliphatic hydroxyl groups excluding tert-OH is 4. The van der Waals surface area contributed by atoms with Crippen molar-refractivity contribution < 1.29 is 59.4 Å². The van der Waals surface area contributed by atoms with Gasteiger partial charge >= 0.3 is 0 Å². The lowest BCUT2D eigenvalue weighted by atomic mass is 9.80. The summed E-state index contributed by atoms with van der Waals surface area (Å²) in [4.78, 5) is 0. The Morgan fingerprint density at radius 1 is 0.921 bits per heavy atom. The minimum atomic E-state index is -1.62. The van der Waals surface area contributed by atoms with Gasteiger partial charge in [-0.05, 0) is 35.4 Å². The number of benzene rings is 2. The van der Waals surface area contributed by atoms with Crippen molar-refractivity contribution in [1.29, 1.82) is 0 Å². The van der Waals surface area contributed by atoms with Crippen LogP contribution in [-0.2, 0) is 20.6 Å². The topological polar surface area (TPSA) is 188 Å². The van der Waals surface area contributed by atoms with Gasteiger partial charge in [0.15, 0.2) is 29.3 Å². The maximum Gasteiger partial charge on any atom is 0.186 e. The number of methoxy groups -OCH3 is 2. The van der Waals surface area contributed by atoms with Crippen LogP contribution in [-0.4, -0.2) is 106 Å². The minimum Gasteiger partial charge on any atom is -0.504 e. The average Bonchev–Trinajstić information content (AvgIpc) is 3.23. The molecule has 0 aromatic heterocycles. The molecule has 8 unspecified atom stereocenters. The summed E-state index contributed by atoms with van der Waals surface area (Å²) >= 11 is 0. The molecular weight excluding hydrogens is 504 g/mol. The fourth-order valence-corrected chi connectivity index (χ4v) is 4.95. The van der Waals surface area contributed by atoms with Crippen LogP contribution in [0.4, 0.5) is 0 Å². The van der Waals surface area contributed by atoms with E-state index < -0.39 is 54.9 Å². The van der Waals surface area contributed by atoms with E-state index in [4.69, 9.17) is 23.7 Å².